The number of ether oxygens (including phenoxy) is 1. The van der Waals surface area contributed by atoms with Gasteiger partial charge in [-0.25, -0.2) is 4.79 Å². The quantitative estimate of drug-likeness (QED) is 0.845. The molecule has 0 aromatic heterocycles. The van der Waals surface area contributed by atoms with E-state index in [0.717, 1.165) is 36.9 Å². The molecule has 0 heterocycles. The summed E-state index contributed by atoms with van der Waals surface area (Å²) in [5.74, 6) is 0. The van der Waals surface area contributed by atoms with Crippen LogP contribution in [0.1, 0.15) is 31.2 Å². The molecule has 1 aliphatic rings. The number of hydrogen-bond acceptors (Lipinski definition) is 3. The van der Waals surface area contributed by atoms with E-state index in [1.165, 1.54) is 0 Å². The number of aryl methyl sites for hydroxylation is 1. The Kier molecular flexibility index (Phi) is 4.20. The number of rotatable bonds is 2. The summed E-state index contributed by atoms with van der Waals surface area (Å²) < 4.78 is 5.36. The van der Waals surface area contributed by atoms with E-state index in [2.05, 4.69) is 5.32 Å². The summed E-state index contributed by atoms with van der Waals surface area (Å²) in [6.45, 7) is 2.00. The van der Waals surface area contributed by atoms with Crippen molar-refractivity contribution in [2.75, 3.05) is 5.32 Å². The molecule has 2 rings (SSSR count). The molecular weight excluding hydrogens is 228 g/mol. The van der Waals surface area contributed by atoms with Crippen molar-refractivity contribution in [2.45, 2.75) is 44.8 Å². The van der Waals surface area contributed by atoms with Gasteiger partial charge in [0.15, 0.2) is 0 Å². The summed E-state index contributed by atoms with van der Waals surface area (Å²) >= 11 is 0. The molecule has 0 aliphatic heterocycles. The van der Waals surface area contributed by atoms with Crippen molar-refractivity contribution in [3.8, 4) is 0 Å². The first-order valence-corrected chi connectivity index (χ1v) is 6.45. The predicted octanol–water partition coefficient (Wildman–Crippen LogP) is 2.81. The van der Waals surface area contributed by atoms with Gasteiger partial charge in [-0.05, 0) is 38.3 Å². The lowest BCUT2D eigenvalue weighted by atomic mass is 9.93. The van der Waals surface area contributed by atoms with E-state index in [9.17, 15) is 4.79 Å². The zero-order valence-electron chi connectivity index (χ0n) is 10.7. The first kappa shape index (κ1) is 12.9. The van der Waals surface area contributed by atoms with Crippen LogP contribution in [0.15, 0.2) is 24.3 Å². The van der Waals surface area contributed by atoms with Crippen molar-refractivity contribution in [2.24, 2.45) is 5.73 Å². The Labute approximate surface area is 108 Å². The third-order valence-electron chi connectivity index (χ3n) is 3.31. The summed E-state index contributed by atoms with van der Waals surface area (Å²) in [6.07, 6.45) is 3.44. The van der Waals surface area contributed by atoms with Crippen molar-refractivity contribution in [1.82, 2.24) is 0 Å². The molecule has 1 aliphatic carbocycles. The highest BCUT2D eigenvalue weighted by Crippen LogP contribution is 2.20. The molecule has 0 spiro atoms. The fourth-order valence-corrected chi connectivity index (χ4v) is 2.19. The minimum Gasteiger partial charge on any atom is -0.444 e. The largest absolute Gasteiger partial charge is 0.444 e. The van der Waals surface area contributed by atoms with Crippen LogP contribution < -0.4 is 11.1 Å². The lowest BCUT2D eigenvalue weighted by molar-refractivity contribution is 0.0728. The van der Waals surface area contributed by atoms with Crippen LogP contribution in [0.5, 0.6) is 0 Å². The molecule has 4 nitrogen and oxygen atoms in total. The second-order valence-corrected chi connectivity index (χ2v) is 4.88. The van der Waals surface area contributed by atoms with Gasteiger partial charge in [-0.15, -0.1) is 0 Å². The number of carbonyl (C=O) groups excluding carboxylic acids is 1. The number of nitrogens with one attached hydrogen (secondary N) is 1. The van der Waals surface area contributed by atoms with Crippen molar-refractivity contribution >= 4 is 11.8 Å². The molecule has 1 aromatic rings. The summed E-state index contributed by atoms with van der Waals surface area (Å²) in [5, 5.41) is 2.72. The van der Waals surface area contributed by atoms with Gasteiger partial charge in [0.25, 0.3) is 0 Å². The van der Waals surface area contributed by atoms with Crippen LogP contribution in [0, 0.1) is 6.92 Å². The van der Waals surface area contributed by atoms with E-state index in [1.807, 2.05) is 31.2 Å². The van der Waals surface area contributed by atoms with Gasteiger partial charge < -0.3 is 10.5 Å². The molecule has 98 valence electrons. The van der Waals surface area contributed by atoms with Gasteiger partial charge in [0.2, 0.25) is 0 Å². The molecule has 1 amide bonds. The molecular formula is C14H20N2O2. The van der Waals surface area contributed by atoms with Crippen LogP contribution in [0.25, 0.3) is 0 Å². The Morgan fingerprint density at radius 3 is 2.61 bits per heavy atom. The average molecular weight is 248 g/mol. The third kappa shape index (κ3) is 3.47. The minimum absolute atomic E-state index is 0.0254. The van der Waals surface area contributed by atoms with Gasteiger partial charge in [0.05, 0.1) is 0 Å². The standard InChI is InChI=1S/C14H20N2O2/c1-10-6-8-11(9-7-10)16-14(17)18-13-5-3-2-4-12(13)15/h6-9,12-13H,2-5,15H2,1H3,(H,16,17). The fraction of sp³-hybridized carbons (Fsp3) is 0.500. The summed E-state index contributed by atoms with van der Waals surface area (Å²) in [4.78, 5) is 11.7. The highest BCUT2D eigenvalue weighted by molar-refractivity contribution is 5.84. The molecule has 2 atom stereocenters. The Balaban J connectivity index is 1.86. The van der Waals surface area contributed by atoms with Gasteiger partial charge in [0.1, 0.15) is 6.10 Å². The molecule has 1 saturated carbocycles. The van der Waals surface area contributed by atoms with Gasteiger partial charge >= 0.3 is 6.09 Å². The first-order valence-electron chi connectivity index (χ1n) is 6.45. The molecule has 2 unspecified atom stereocenters. The van der Waals surface area contributed by atoms with Crippen LogP contribution in [0.4, 0.5) is 10.5 Å². The van der Waals surface area contributed by atoms with E-state index in [-0.39, 0.29) is 12.1 Å². The van der Waals surface area contributed by atoms with Gasteiger partial charge in [0, 0.05) is 11.7 Å². The van der Waals surface area contributed by atoms with Crippen molar-refractivity contribution in [1.29, 1.82) is 0 Å². The number of amides is 1. The Bertz CT molecular complexity index is 403. The minimum atomic E-state index is -0.416. The third-order valence-corrected chi connectivity index (χ3v) is 3.31. The number of hydrogen-bond donors (Lipinski definition) is 2. The number of nitrogens with two attached hydrogens (primary N) is 1. The molecule has 4 heteroatoms. The molecule has 1 fully saturated rings. The molecule has 0 saturated heterocycles. The number of benzene rings is 1. The number of carbonyl (C=O) groups is 1. The van der Waals surface area contributed by atoms with Gasteiger partial charge in [-0.2, -0.15) is 0 Å². The van der Waals surface area contributed by atoms with E-state index < -0.39 is 6.09 Å². The Morgan fingerprint density at radius 1 is 1.28 bits per heavy atom. The lowest BCUT2D eigenvalue weighted by Gasteiger charge is -2.28. The fourth-order valence-electron chi connectivity index (χ4n) is 2.19. The average Bonchev–Trinajstić information content (AvgIpc) is 2.35. The van der Waals surface area contributed by atoms with Gasteiger partial charge in [-0.3, -0.25) is 5.32 Å². The molecule has 3 N–H and O–H groups in total. The molecule has 1 aromatic carbocycles. The normalized spacial score (nSPS) is 23.4. The van der Waals surface area contributed by atoms with E-state index in [1.54, 1.807) is 0 Å². The predicted molar refractivity (Wildman–Crippen MR) is 71.5 cm³/mol. The smallest absolute Gasteiger partial charge is 0.411 e. The summed E-state index contributed by atoms with van der Waals surface area (Å²) in [6, 6.07) is 7.58. The van der Waals surface area contributed by atoms with E-state index in [0.29, 0.717) is 0 Å². The highest BCUT2D eigenvalue weighted by Gasteiger charge is 2.25. The zero-order chi connectivity index (χ0) is 13.0. The summed E-state index contributed by atoms with van der Waals surface area (Å²) in [7, 11) is 0. The summed E-state index contributed by atoms with van der Waals surface area (Å²) in [5.41, 5.74) is 7.84. The topological polar surface area (TPSA) is 64.3 Å². The number of anilines is 1. The van der Waals surface area contributed by atoms with Crippen LogP contribution in [0.2, 0.25) is 0 Å². The lowest BCUT2D eigenvalue weighted by Crippen LogP contribution is -2.41. The van der Waals surface area contributed by atoms with E-state index in [4.69, 9.17) is 10.5 Å². The van der Waals surface area contributed by atoms with Crippen molar-refractivity contribution < 1.29 is 9.53 Å². The maximum Gasteiger partial charge on any atom is 0.411 e. The van der Waals surface area contributed by atoms with Crippen LogP contribution in [-0.2, 0) is 4.74 Å². The van der Waals surface area contributed by atoms with Crippen molar-refractivity contribution in [3.05, 3.63) is 29.8 Å². The van der Waals surface area contributed by atoms with Crippen molar-refractivity contribution in [3.63, 3.8) is 0 Å². The van der Waals surface area contributed by atoms with E-state index >= 15 is 0 Å². The van der Waals surface area contributed by atoms with Crippen LogP contribution in [0.3, 0.4) is 0 Å². The van der Waals surface area contributed by atoms with Crippen LogP contribution >= 0.6 is 0 Å². The SMILES string of the molecule is Cc1ccc(NC(=O)OC2CCCCC2N)cc1. The Hall–Kier alpha value is -1.55. The Morgan fingerprint density at radius 2 is 1.94 bits per heavy atom. The molecule has 0 radical (unpaired) electrons. The molecule has 18 heavy (non-hydrogen) atoms. The highest BCUT2D eigenvalue weighted by atomic mass is 16.6. The monoisotopic (exact) mass is 248 g/mol. The maximum absolute atomic E-state index is 11.7. The first-order chi connectivity index (χ1) is 8.65. The zero-order valence-corrected chi connectivity index (χ0v) is 10.7. The second-order valence-electron chi connectivity index (χ2n) is 4.88. The van der Waals surface area contributed by atoms with Gasteiger partial charge in [-0.1, -0.05) is 24.1 Å². The van der Waals surface area contributed by atoms with Crippen LogP contribution in [-0.4, -0.2) is 18.2 Å². The molecule has 0 bridgehead atoms. The second kappa shape index (κ2) is 5.87. The maximum atomic E-state index is 11.7.